The molecule has 0 saturated carbocycles. The van der Waals surface area contributed by atoms with E-state index in [1.54, 1.807) is 0 Å². The van der Waals surface area contributed by atoms with Crippen molar-refractivity contribution in [3.63, 3.8) is 0 Å². The minimum Gasteiger partial charge on any atom is -0.128 e. The Morgan fingerprint density at radius 1 is 1.44 bits per heavy atom. The molecule has 0 bridgehead atoms. The Morgan fingerprint density at radius 3 is 2.56 bits per heavy atom. The van der Waals surface area contributed by atoms with E-state index in [4.69, 9.17) is 0 Å². The molecular formula is C8H17B. The van der Waals surface area contributed by atoms with Gasteiger partial charge in [0.25, 0.3) is 0 Å². The first-order chi connectivity index (χ1) is 4.27. The summed E-state index contributed by atoms with van der Waals surface area (Å²) in [5.41, 5.74) is 0. The lowest BCUT2D eigenvalue weighted by molar-refractivity contribution is 0.560. The topological polar surface area (TPSA) is 0 Å². The van der Waals surface area contributed by atoms with Gasteiger partial charge >= 0.3 is 0 Å². The second-order valence-electron chi connectivity index (χ2n) is 2.89. The van der Waals surface area contributed by atoms with E-state index in [-0.39, 0.29) is 0 Å². The van der Waals surface area contributed by atoms with E-state index >= 15 is 0 Å². The normalized spacial score (nSPS) is 11.4. The Bertz CT molecular complexity index is 74.6. The molecule has 0 aromatic carbocycles. The molecule has 0 nitrogen and oxygen atoms in total. The van der Waals surface area contributed by atoms with Gasteiger partial charge in [-0.05, 0) is 18.8 Å². The molecule has 0 aliphatic heterocycles. The minimum absolute atomic E-state index is 0.871. The highest BCUT2D eigenvalue weighted by atomic mass is 14.0. The van der Waals surface area contributed by atoms with Crippen LogP contribution in [0.3, 0.4) is 0 Å². The molecule has 0 amide bonds. The number of rotatable bonds is 4. The van der Waals surface area contributed by atoms with Gasteiger partial charge in [-0.1, -0.05) is 26.3 Å². The van der Waals surface area contributed by atoms with Crippen LogP contribution >= 0.6 is 0 Å². The molecule has 0 saturated heterocycles. The van der Waals surface area contributed by atoms with Crippen molar-refractivity contribution in [3.8, 4) is 0 Å². The van der Waals surface area contributed by atoms with Crippen molar-refractivity contribution in [2.45, 2.75) is 33.1 Å². The number of hydrogen-bond acceptors (Lipinski definition) is 0. The summed E-state index contributed by atoms with van der Waals surface area (Å²) in [6.45, 7) is 4.55. The van der Waals surface area contributed by atoms with E-state index in [0.717, 1.165) is 5.92 Å². The maximum absolute atomic E-state index is 2.27. The molecule has 0 heterocycles. The fourth-order valence-electron chi connectivity index (χ4n) is 0.811. The van der Waals surface area contributed by atoms with Crippen LogP contribution in [-0.4, -0.2) is 7.85 Å². The minimum atomic E-state index is 0.871. The lowest BCUT2D eigenvalue weighted by Crippen LogP contribution is -1.84. The number of allylic oxidation sites excluding steroid dienone is 1. The van der Waals surface area contributed by atoms with Crippen LogP contribution in [0.1, 0.15) is 33.1 Å². The molecule has 0 fully saturated rings. The highest BCUT2D eigenvalue weighted by molar-refractivity contribution is 6.16. The SMILES string of the molecule is BC=CCCCC(C)C. The highest BCUT2D eigenvalue weighted by Gasteiger charge is 1.89. The molecule has 9 heavy (non-hydrogen) atoms. The van der Waals surface area contributed by atoms with Gasteiger partial charge in [-0.3, -0.25) is 0 Å². The fourth-order valence-corrected chi connectivity index (χ4v) is 0.811. The zero-order valence-corrected chi connectivity index (χ0v) is 6.85. The van der Waals surface area contributed by atoms with Crippen molar-refractivity contribution in [1.29, 1.82) is 0 Å². The summed E-state index contributed by atoms with van der Waals surface area (Å²) in [4.78, 5) is 0. The average molecular weight is 124 g/mol. The van der Waals surface area contributed by atoms with E-state index in [1.165, 1.54) is 19.3 Å². The Labute approximate surface area is 59.8 Å². The smallest absolute Gasteiger partial charge is 0.128 e. The van der Waals surface area contributed by atoms with Gasteiger partial charge in [0.1, 0.15) is 7.85 Å². The predicted molar refractivity (Wildman–Crippen MR) is 46.4 cm³/mol. The standard InChI is InChI=1S/C8H17B/c1-8(2)6-4-3-5-7-9/h5,7-8H,3-4,6,9H2,1-2H3. The van der Waals surface area contributed by atoms with Crippen LogP contribution in [0.4, 0.5) is 0 Å². The summed E-state index contributed by atoms with van der Waals surface area (Å²) in [5, 5.41) is 0. The molecular weight excluding hydrogens is 107 g/mol. The molecule has 0 aliphatic rings. The average Bonchev–Trinajstić information content (AvgIpc) is 1.80. The van der Waals surface area contributed by atoms with Crippen LogP contribution in [0.2, 0.25) is 0 Å². The Kier molecular flexibility index (Phi) is 5.80. The first kappa shape index (κ1) is 8.80. The van der Waals surface area contributed by atoms with E-state index in [9.17, 15) is 0 Å². The summed E-state index contributed by atoms with van der Waals surface area (Å²) in [6.07, 6.45) is 6.21. The first-order valence-electron chi connectivity index (χ1n) is 3.88. The third kappa shape index (κ3) is 7.80. The summed E-state index contributed by atoms with van der Waals surface area (Å²) < 4.78 is 0. The van der Waals surface area contributed by atoms with E-state index in [2.05, 4.69) is 33.7 Å². The third-order valence-corrected chi connectivity index (χ3v) is 1.39. The third-order valence-electron chi connectivity index (χ3n) is 1.39. The monoisotopic (exact) mass is 124 g/mol. The Balaban J connectivity index is 2.91. The van der Waals surface area contributed by atoms with E-state index < -0.39 is 0 Å². The van der Waals surface area contributed by atoms with Crippen LogP contribution in [0.5, 0.6) is 0 Å². The molecule has 0 aromatic heterocycles. The van der Waals surface area contributed by atoms with Gasteiger partial charge in [-0.15, -0.1) is 5.98 Å². The van der Waals surface area contributed by atoms with Gasteiger partial charge in [0.05, 0.1) is 0 Å². The molecule has 0 aromatic rings. The maximum Gasteiger partial charge on any atom is 0.129 e. The number of hydrogen-bond donors (Lipinski definition) is 0. The zero-order valence-electron chi connectivity index (χ0n) is 6.85. The molecule has 1 heteroatoms. The largest absolute Gasteiger partial charge is 0.129 e. The van der Waals surface area contributed by atoms with Crippen LogP contribution in [0.25, 0.3) is 0 Å². The van der Waals surface area contributed by atoms with Gasteiger partial charge in [-0.25, -0.2) is 0 Å². The molecule has 0 aliphatic carbocycles. The molecule has 0 rings (SSSR count). The van der Waals surface area contributed by atoms with Gasteiger partial charge in [-0.2, -0.15) is 0 Å². The fraction of sp³-hybridized carbons (Fsp3) is 0.750. The van der Waals surface area contributed by atoms with Crippen molar-refractivity contribution < 1.29 is 0 Å². The zero-order chi connectivity index (χ0) is 7.11. The van der Waals surface area contributed by atoms with Gasteiger partial charge in [0.2, 0.25) is 0 Å². The molecule has 0 spiro atoms. The maximum atomic E-state index is 2.27. The van der Waals surface area contributed by atoms with Crippen molar-refractivity contribution in [2.24, 2.45) is 5.92 Å². The van der Waals surface area contributed by atoms with Crippen LogP contribution < -0.4 is 0 Å². The molecule has 0 unspecified atom stereocenters. The van der Waals surface area contributed by atoms with Crippen molar-refractivity contribution in [3.05, 3.63) is 12.1 Å². The Morgan fingerprint density at radius 2 is 2.11 bits per heavy atom. The lowest BCUT2D eigenvalue weighted by Gasteiger charge is -1.99. The highest BCUT2D eigenvalue weighted by Crippen LogP contribution is 2.05. The lowest BCUT2D eigenvalue weighted by atomic mass is 10.0. The van der Waals surface area contributed by atoms with Crippen molar-refractivity contribution in [1.82, 2.24) is 0 Å². The van der Waals surface area contributed by atoms with Crippen LogP contribution in [0.15, 0.2) is 12.1 Å². The molecule has 0 atom stereocenters. The molecule has 0 radical (unpaired) electrons. The van der Waals surface area contributed by atoms with Crippen LogP contribution in [0, 0.1) is 5.92 Å². The van der Waals surface area contributed by atoms with Gasteiger partial charge < -0.3 is 0 Å². The quantitative estimate of drug-likeness (QED) is 0.397. The van der Waals surface area contributed by atoms with Gasteiger partial charge in [0, 0.05) is 0 Å². The number of unbranched alkanes of at least 4 members (excludes halogenated alkanes) is 1. The predicted octanol–water partition coefficient (Wildman–Crippen LogP) is 1.96. The van der Waals surface area contributed by atoms with E-state index in [0.29, 0.717) is 0 Å². The van der Waals surface area contributed by atoms with Crippen molar-refractivity contribution in [2.75, 3.05) is 0 Å². The summed E-state index contributed by atoms with van der Waals surface area (Å²) >= 11 is 0. The molecule has 0 N–H and O–H groups in total. The summed E-state index contributed by atoms with van der Waals surface area (Å²) in [5.74, 6) is 3.00. The Hall–Kier alpha value is -0.195. The first-order valence-corrected chi connectivity index (χ1v) is 3.88. The molecule has 52 valence electrons. The van der Waals surface area contributed by atoms with Gasteiger partial charge in [0.15, 0.2) is 0 Å². The second-order valence-corrected chi connectivity index (χ2v) is 2.89. The van der Waals surface area contributed by atoms with Crippen molar-refractivity contribution >= 4 is 7.85 Å². The second kappa shape index (κ2) is 5.93. The summed E-state index contributed by atoms with van der Waals surface area (Å²) in [7, 11) is 2.08. The van der Waals surface area contributed by atoms with Crippen LogP contribution in [-0.2, 0) is 0 Å². The summed E-state index contributed by atoms with van der Waals surface area (Å²) in [6, 6.07) is 0. The van der Waals surface area contributed by atoms with E-state index in [1.807, 2.05) is 0 Å².